The molecule has 3 rings (SSSR count). The summed E-state index contributed by atoms with van der Waals surface area (Å²) in [7, 11) is 0. The van der Waals surface area contributed by atoms with Crippen LogP contribution in [0.2, 0.25) is 0 Å². The first kappa shape index (κ1) is 18.1. The topological polar surface area (TPSA) is 71.3 Å². The van der Waals surface area contributed by atoms with Crippen LogP contribution in [0, 0.1) is 11.6 Å². The van der Waals surface area contributed by atoms with Gasteiger partial charge >= 0.3 is 6.03 Å². The molecule has 26 heavy (non-hydrogen) atoms. The molecule has 0 bridgehead atoms. The van der Waals surface area contributed by atoms with Crippen LogP contribution in [0.3, 0.4) is 0 Å². The lowest BCUT2D eigenvalue weighted by atomic mass is 10.2. The lowest BCUT2D eigenvalue weighted by Crippen LogP contribution is -2.34. The van der Waals surface area contributed by atoms with E-state index >= 15 is 0 Å². The van der Waals surface area contributed by atoms with Crippen molar-refractivity contribution in [1.29, 1.82) is 0 Å². The number of benzene rings is 1. The number of aromatic nitrogens is 3. The van der Waals surface area contributed by atoms with Crippen LogP contribution >= 0.6 is 11.8 Å². The third-order valence-electron chi connectivity index (χ3n) is 3.75. The molecule has 2 heterocycles. The van der Waals surface area contributed by atoms with Crippen LogP contribution in [0.1, 0.15) is 18.3 Å². The van der Waals surface area contributed by atoms with E-state index in [9.17, 15) is 13.6 Å². The van der Waals surface area contributed by atoms with E-state index in [4.69, 9.17) is 0 Å². The Balaban J connectivity index is 1.78. The van der Waals surface area contributed by atoms with Gasteiger partial charge in [0.25, 0.3) is 0 Å². The fourth-order valence-corrected chi connectivity index (χ4v) is 2.98. The molecule has 0 saturated heterocycles. The lowest BCUT2D eigenvalue weighted by molar-refractivity contribution is 0.247. The van der Waals surface area contributed by atoms with Gasteiger partial charge in [-0.15, -0.1) is 10.2 Å². The molecule has 3 aromatic rings. The number of carbonyl (C=O) groups excluding carboxylic acids is 1. The summed E-state index contributed by atoms with van der Waals surface area (Å²) in [4.78, 5) is 12.3. The number of hydrogen-bond donors (Lipinski definition) is 2. The maximum atomic E-state index is 13.7. The molecular weight excluding hydrogens is 360 g/mol. The number of nitrogens with one attached hydrogen (secondary N) is 2. The van der Waals surface area contributed by atoms with Crippen LogP contribution in [0.25, 0.3) is 5.65 Å². The number of urea groups is 1. The molecule has 136 valence electrons. The summed E-state index contributed by atoms with van der Waals surface area (Å²) in [5.41, 5.74) is 0.571. The van der Waals surface area contributed by atoms with E-state index in [1.807, 2.05) is 30.7 Å². The van der Waals surface area contributed by atoms with Crippen molar-refractivity contribution in [3.05, 3.63) is 60.1 Å². The van der Waals surface area contributed by atoms with Gasteiger partial charge < -0.3 is 10.6 Å². The van der Waals surface area contributed by atoms with Gasteiger partial charge in [-0.25, -0.2) is 13.6 Å². The number of halogens is 2. The highest BCUT2D eigenvalue weighted by Gasteiger charge is 2.20. The van der Waals surface area contributed by atoms with E-state index in [-0.39, 0.29) is 5.69 Å². The SMILES string of the molecule is CSCC[C@H](NC(=O)Nc1ccc(F)cc1F)c1nnc2ccccn12. The molecule has 0 aliphatic carbocycles. The third-order valence-corrected chi connectivity index (χ3v) is 4.39. The number of carbonyl (C=O) groups is 1. The second kappa shape index (κ2) is 8.13. The van der Waals surface area contributed by atoms with Crippen LogP contribution in [0.5, 0.6) is 0 Å². The molecule has 2 amide bonds. The van der Waals surface area contributed by atoms with E-state index in [0.717, 1.165) is 11.8 Å². The van der Waals surface area contributed by atoms with Crippen molar-refractivity contribution in [3.8, 4) is 0 Å². The molecule has 2 aromatic heterocycles. The summed E-state index contributed by atoms with van der Waals surface area (Å²) in [5.74, 6) is -0.170. The van der Waals surface area contributed by atoms with Crippen LogP contribution in [0.4, 0.5) is 19.3 Å². The van der Waals surface area contributed by atoms with Gasteiger partial charge in [0.1, 0.15) is 11.6 Å². The van der Waals surface area contributed by atoms with Crippen molar-refractivity contribution in [2.75, 3.05) is 17.3 Å². The highest BCUT2D eigenvalue weighted by molar-refractivity contribution is 7.98. The van der Waals surface area contributed by atoms with Gasteiger partial charge in [-0.3, -0.25) is 4.40 Å². The molecule has 6 nitrogen and oxygen atoms in total. The third kappa shape index (κ3) is 4.10. The number of amides is 2. The minimum absolute atomic E-state index is 0.0985. The van der Waals surface area contributed by atoms with Crippen LogP contribution in [-0.2, 0) is 0 Å². The summed E-state index contributed by atoms with van der Waals surface area (Å²) < 4.78 is 28.5. The molecule has 1 aromatic carbocycles. The van der Waals surface area contributed by atoms with E-state index in [1.165, 1.54) is 6.07 Å². The van der Waals surface area contributed by atoms with Gasteiger partial charge in [0, 0.05) is 12.3 Å². The number of hydrogen-bond acceptors (Lipinski definition) is 4. The zero-order chi connectivity index (χ0) is 18.5. The first-order chi connectivity index (χ1) is 12.6. The number of nitrogens with zero attached hydrogens (tertiary/aromatic N) is 3. The maximum Gasteiger partial charge on any atom is 0.319 e. The fourth-order valence-electron chi connectivity index (χ4n) is 2.51. The molecular formula is C17H17F2N5OS. The second-order valence-corrected chi connectivity index (χ2v) is 6.53. The standard InChI is InChI=1S/C17H17F2N5OS/c1-26-9-7-14(16-23-22-15-4-2-3-8-24(15)16)21-17(25)20-13-6-5-11(18)10-12(13)19/h2-6,8,10,14H,7,9H2,1H3,(H2,20,21,25)/t14-/m0/s1. The Hall–Kier alpha value is -2.68. The molecule has 0 fully saturated rings. The molecule has 2 N–H and O–H groups in total. The number of thioether (sulfide) groups is 1. The summed E-state index contributed by atoms with van der Waals surface area (Å²) in [5, 5.41) is 13.5. The first-order valence-corrected chi connectivity index (χ1v) is 9.29. The monoisotopic (exact) mass is 377 g/mol. The van der Waals surface area contributed by atoms with E-state index in [1.54, 1.807) is 16.2 Å². The summed E-state index contributed by atoms with van der Waals surface area (Å²) >= 11 is 1.64. The predicted octanol–water partition coefficient (Wildman–Crippen LogP) is 3.62. The fraction of sp³-hybridized carbons (Fsp3) is 0.235. The molecule has 0 radical (unpaired) electrons. The van der Waals surface area contributed by atoms with Crippen molar-refractivity contribution < 1.29 is 13.6 Å². The van der Waals surface area contributed by atoms with Gasteiger partial charge in [0.2, 0.25) is 0 Å². The van der Waals surface area contributed by atoms with Gasteiger partial charge in [0.15, 0.2) is 11.5 Å². The largest absolute Gasteiger partial charge is 0.328 e. The number of anilines is 1. The van der Waals surface area contributed by atoms with Gasteiger partial charge in [-0.2, -0.15) is 11.8 Å². The van der Waals surface area contributed by atoms with Crippen molar-refractivity contribution in [1.82, 2.24) is 19.9 Å². The quantitative estimate of drug-likeness (QED) is 0.688. The van der Waals surface area contributed by atoms with E-state index in [0.29, 0.717) is 24.0 Å². The van der Waals surface area contributed by atoms with Gasteiger partial charge in [0.05, 0.1) is 11.7 Å². The average molecular weight is 377 g/mol. The van der Waals surface area contributed by atoms with Crippen molar-refractivity contribution >= 4 is 29.1 Å². The van der Waals surface area contributed by atoms with E-state index in [2.05, 4.69) is 20.8 Å². The Bertz CT molecular complexity index is 917. The zero-order valence-corrected chi connectivity index (χ0v) is 14.8. The lowest BCUT2D eigenvalue weighted by Gasteiger charge is -2.17. The van der Waals surface area contributed by atoms with Crippen molar-refractivity contribution in [2.45, 2.75) is 12.5 Å². The van der Waals surface area contributed by atoms with E-state index < -0.39 is 23.7 Å². The summed E-state index contributed by atoms with van der Waals surface area (Å²) in [6.45, 7) is 0. The van der Waals surface area contributed by atoms with Crippen LogP contribution in [0.15, 0.2) is 42.6 Å². The first-order valence-electron chi connectivity index (χ1n) is 7.89. The Kier molecular flexibility index (Phi) is 5.67. The zero-order valence-electron chi connectivity index (χ0n) is 13.9. The molecule has 0 aliphatic rings. The Morgan fingerprint density at radius 3 is 2.88 bits per heavy atom. The molecule has 1 atom stereocenters. The molecule has 9 heteroatoms. The molecule has 0 spiro atoms. The Morgan fingerprint density at radius 1 is 1.27 bits per heavy atom. The highest BCUT2D eigenvalue weighted by Crippen LogP contribution is 2.19. The van der Waals surface area contributed by atoms with Gasteiger partial charge in [-0.05, 0) is 42.7 Å². The van der Waals surface area contributed by atoms with Crippen molar-refractivity contribution in [3.63, 3.8) is 0 Å². The maximum absolute atomic E-state index is 13.7. The Labute approximate surface area is 153 Å². The molecule has 0 saturated carbocycles. The minimum atomic E-state index is -0.839. The predicted molar refractivity (Wildman–Crippen MR) is 97.2 cm³/mol. The average Bonchev–Trinajstić information content (AvgIpc) is 3.05. The van der Waals surface area contributed by atoms with Crippen LogP contribution < -0.4 is 10.6 Å². The van der Waals surface area contributed by atoms with Crippen molar-refractivity contribution in [2.24, 2.45) is 0 Å². The smallest absolute Gasteiger partial charge is 0.319 e. The highest BCUT2D eigenvalue weighted by atomic mass is 32.2. The molecule has 0 aliphatic heterocycles. The number of pyridine rings is 1. The number of rotatable bonds is 6. The normalized spacial score (nSPS) is 12.1. The summed E-state index contributed by atoms with van der Waals surface area (Å²) in [6.07, 6.45) is 4.40. The second-order valence-electron chi connectivity index (χ2n) is 5.54. The minimum Gasteiger partial charge on any atom is -0.328 e. The molecule has 0 unspecified atom stereocenters. The summed E-state index contributed by atoms with van der Waals surface area (Å²) in [6, 6.07) is 7.46. The Morgan fingerprint density at radius 2 is 2.12 bits per heavy atom. The number of fused-ring (bicyclic) bond motifs is 1. The van der Waals surface area contributed by atoms with Gasteiger partial charge in [-0.1, -0.05) is 6.07 Å². The van der Waals surface area contributed by atoms with Crippen LogP contribution in [-0.4, -0.2) is 32.6 Å².